The average Bonchev–Trinajstić information content (AvgIpc) is 3.46. The topological polar surface area (TPSA) is 52.8 Å². The van der Waals surface area contributed by atoms with Crippen LogP contribution in [-0.4, -0.2) is 20.0 Å². The van der Waals surface area contributed by atoms with Gasteiger partial charge in [-0.05, 0) is 48.9 Å². The van der Waals surface area contributed by atoms with E-state index in [0.717, 1.165) is 44.7 Å². The molecule has 0 saturated heterocycles. The predicted octanol–water partition coefficient (Wildman–Crippen LogP) is 6.60. The number of aromatic nitrogens is 4. The molecule has 5 nitrogen and oxygen atoms in total. The molecule has 0 fully saturated rings. The van der Waals surface area contributed by atoms with Crippen LogP contribution in [-0.2, 0) is 6.61 Å². The van der Waals surface area contributed by atoms with Crippen LogP contribution in [0.2, 0.25) is 5.02 Å². The number of halogens is 1. The van der Waals surface area contributed by atoms with Crippen molar-refractivity contribution < 1.29 is 4.74 Å². The van der Waals surface area contributed by atoms with E-state index >= 15 is 0 Å². The van der Waals surface area contributed by atoms with Gasteiger partial charge in [0.05, 0.1) is 17.1 Å². The van der Waals surface area contributed by atoms with Crippen molar-refractivity contribution in [3.05, 3.63) is 101 Å². The Balaban J connectivity index is 1.33. The summed E-state index contributed by atoms with van der Waals surface area (Å²) in [4.78, 5) is 4.76. The summed E-state index contributed by atoms with van der Waals surface area (Å²) in [6, 6.07) is 25.6. The van der Waals surface area contributed by atoms with Crippen LogP contribution in [0.15, 0.2) is 84.2 Å². The summed E-state index contributed by atoms with van der Waals surface area (Å²) in [6.45, 7) is 2.53. The molecule has 0 N–H and O–H groups in total. The van der Waals surface area contributed by atoms with Crippen molar-refractivity contribution in [2.24, 2.45) is 0 Å². The van der Waals surface area contributed by atoms with Gasteiger partial charge in [-0.3, -0.25) is 0 Å². The Morgan fingerprint density at radius 1 is 0.938 bits per heavy atom. The molecule has 0 atom stereocenters. The molecule has 0 aliphatic carbocycles. The lowest BCUT2D eigenvalue weighted by molar-refractivity contribution is 0.306. The van der Waals surface area contributed by atoms with Gasteiger partial charge in [0, 0.05) is 16.0 Å². The molecule has 5 aromatic rings. The molecular formula is C25H19ClN4OS. The van der Waals surface area contributed by atoms with Crippen molar-refractivity contribution in [1.82, 2.24) is 20.0 Å². The third kappa shape index (κ3) is 4.28. The number of thiazole rings is 1. The number of hydrogen-bond acceptors (Lipinski definition) is 5. The Kier molecular flexibility index (Phi) is 5.71. The second-order valence-electron chi connectivity index (χ2n) is 7.25. The van der Waals surface area contributed by atoms with Crippen LogP contribution in [0.5, 0.6) is 5.75 Å². The average molecular weight is 459 g/mol. The van der Waals surface area contributed by atoms with Gasteiger partial charge in [-0.25, -0.2) is 9.67 Å². The molecule has 0 bridgehead atoms. The maximum absolute atomic E-state index is 5.99. The minimum absolute atomic E-state index is 0.534. The van der Waals surface area contributed by atoms with E-state index in [1.165, 1.54) is 0 Å². The maximum Gasteiger partial charge on any atom is 0.146 e. The smallest absolute Gasteiger partial charge is 0.146 e. The Labute approximate surface area is 194 Å². The van der Waals surface area contributed by atoms with Crippen molar-refractivity contribution in [2.45, 2.75) is 13.5 Å². The lowest BCUT2D eigenvalue weighted by atomic mass is 10.2. The van der Waals surface area contributed by atoms with Gasteiger partial charge >= 0.3 is 0 Å². The summed E-state index contributed by atoms with van der Waals surface area (Å²) in [6.07, 6.45) is 0. The van der Waals surface area contributed by atoms with Crippen LogP contribution in [0.4, 0.5) is 0 Å². The zero-order chi connectivity index (χ0) is 21.9. The highest BCUT2D eigenvalue weighted by molar-refractivity contribution is 7.13. The summed E-state index contributed by atoms with van der Waals surface area (Å²) >= 11 is 7.54. The summed E-state index contributed by atoms with van der Waals surface area (Å²) < 4.78 is 7.70. The minimum Gasteiger partial charge on any atom is -0.489 e. The van der Waals surface area contributed by atoms with Gasteiger partial charge in [-0.2, -0.15) is 0 Å². The number of ether oxygens (including phenoxy) is 1. The van der Waals surface area contributed by atoms with Gasteiger partial charge in [-0.15, -0.1) is 16.4 Å². The molecule has 7 heteroatoms. The van der Waals surface area contributed by atoms with Crippen molar-refractivity contribution in [3.8, 4) is 33.4 Å². The Morgan fingerprint density at radius 2 is 1.69 bits per heavy atom. The molecule has 158 valence electrons. The van der Waals surface area contributed by atoms with Gasteiger partial charge < -0.3 is 4.74 Å². The third-order valence-electron chi connectivity index (χ3n) is 5.07. The van der Waals surface area contributed by atoms with Crippen molar-refractivity contribution >= 4 is 22.9 Å². The number of nitrogens with zero attached hydrogens (tertiary/aromatic N) is 4. The van der Waals surface area contributed by atoms with Crippen LogP contribution >= 0.6 is 22.9 Å². The van der Waals surface area contributed by atoms with E-state index in [1.807, 2.05) is 95.8 Å². The zero-order valence-corrected chi connectivity index (χ0v) is 18.8. The monoisotopic (exact) mass is 458 g/mol. The van der Waals surface area contributed by atoms with Crippen molar-refractivity contribution in [2.75, 3.05) is 0 Å². The second-order valence-corrected chi connectivity index (χ2v) is 8.54. The molecule has 3 aromatic carbocycles. The highest BCUT2D eigenvalue weighted by Gasteiger charge is 2.16. The first-order chi connectivity index (χ1) is 15.7. The molecule has 0 saturated carbocycles. The third-order valence-corrected chi connectivity index (χ3v) is 6.17. The maximum atomic E-state index is 5.99. The van der Waals surface area contributed by atoms with E-state index in [0.29, 0.717) is 11.6 Å². The standard InChI is InChI=1S/C25H19ClN4OS/c1-17-24(25-27-23(16-32-25)19-7-9-20(26)10-8-19)28-29-30(17)21-11-13-22(14-12-21)31-15-18-5-3-2-4-6-18/h2-14,16H,15H2,1H3. The molecule has 2 heterocycles. The fourth-order valence-corrected chi connectivity index (χ4v) is 4.32. The quantitative estimate of drug-likeness (QED) is 0.287. The van der Waals surface area contributed by atoms with Crippen molar-refractivity contribution in [3.63, 3.8) is 0 Å². The largest absolute Gasteiger partial charge is 0.489 e. The summed E-state index contributed by atoms with van der Waals surface area (Å²) in [5.74, 6) is 0.808. The first-order valence-electron chi connectivity index (χ1n) is 10.1. The first kappa shape index (κ1) is 20.4. The molecule has 0 amide bonds. The van der Waals surface area contributed by atoms with E-state index in [-0.39, 0.29) is 0 Å². The predicted molar refractivity (Wildman–Crippen MR) is 128 cm³/mol. The summed E-state index contributed by atoms with van der Waals surface area (Å²) in [7, 11) is 0. The SMILES string of the molecule is Cc1c(-c2nc(-c3ccc(Cl)cc3)cs2)nnn1-c1ccc(OCc2ccccc2)cc1. The van der Waals surface area contributed by atoms with Crippen molar-refractivity contribution in [1.29, 1.82) is 0 Å². The molecule has 5 rings (SSSR count). The van der Waals surface area contributed by atoms with Gasteiger partial charge in [0.15, 0.2) is 0 Å². The van der Waals surface area contributed by atoms with Gasteiger partial charge in [0.25, 0.3) is 0 Å². The second kappa shape index (κ2) is 8.94. The summed E-state index contributed by atoms with van der Waals surface area (Å²) in [5.41, 5.74) is 5.68. The number of hydrogen-bond donors (Lipinski definition) is 0. The van der Waals surface area contributed by atoms with Gasteiger partial charge in [0.2, 0.25) is 0 Å². The van der Waals surface area contributed by atoms with Crippen LogP contribution < -0.4 is 4.74 Å². The molecule has 0 unspecified atom stereocenters. The molecule has 2 aromatic heterocycles. The van der Waals surface area contributed by atoms with Crippen LogP contribution in [0.3, 0.4) is 0 Å². The zero-order valence-electron chi connectivity index (χ0n) is 17.3. The minimum atomic E-state index is 0.534. The van der Waals surface area contributed by atoms with Gasteiger partial charge in [-0.1, -0.05) is 59.3 Å². The van der Waals surface area contributed by atoms with E-state index in [9.17, 15) is 0 Å². The van der Waals surface area contributed by atoms with Crippen LogP contribution in [0.25, 0.3) is 27.6 Å². The normalized spacial score (nSPS) is 10.9. The lowest BCUT2D eigenvalue weighted by Crippen LogP contribution is -2.00. The molecule has 0 aliphatic rings. The highest BCUT2D eigenvalue weighted by atomic mass is 35.5. The molecule has 0 radical (unpaired) electrons. The molecule has 0 aliphatic heterocycles. The first-order valence-corrected chi connectivity index (χ1v) is 11.3. The summed E-state index contributed by atoms with van der Waals surface area (Å²) in [5, 5.41) is 12.3. The van der Waals surface area contributed by atoms with E-state index in [1.54, 1.807) is 11.3 Å². The Hall–Kier alpha value is -3.48. The van der Waals surface area contributed by atoms with E-state index in [4.69, 9.17) is 21.3 Å². The number of benzene rings is 3. The Morgan fingerprint density at radius 3 is 2.44 bits per heavy atom. The van der Waals surface area contributed by atoms with Gasteiger partial charge in [0.1, 0.15) is 23.1 Å². The molecular weight excluding hydrogens is 440 g/mol. The van der Waals surface area contributed by atoms with E-state index in [2.05, 4.69) is 10.3 Å². The van der Waals surface area contributed by atoms with E-state index < -0.39 is 0 Å². The van der Waals surface area contributed by atoms with Crippen LogP contribution in [0, 0.1) is 6.92 Å². The number of rotatable bonds is 6. The lowest BCUT2D eigenvalue weighted by Gasteiger charge is -2.08. The molecule has 0 spiro atoms. The Bertz CT molecular complexity index is 1330. The fraction of sp³-hybridized carbons (Fsp3) is 0.0800. The fourth-order valence-electron chi connectivity index (χ4n) is 3.33. The highest BCUT2D eigenvalue weighted by Crippen LogP contribution is 2.30. The van der Waals surface area contributed by atoms with Crippen LogP contribution in [0.1, 0.15) is 11.3 Å². The molecule has 32 heavy (non-hydrogen) atoms.